The molecule has 29 heavy (non-hydrogen) atoms. The van der Waals surface area contributed by atoms with Crippen LogP contribution in [0.3, 0.4) is 0 Å². The molecule has 1 aromatic heterocycles. The maximum atomic E-state index is 12.1. The van der Waals surface area contributed by atoms with Crippen molar-refractivity contribution in [1.82, 2.24) is 15.1 Å². The van der Waals surface area contributed by atoms with Gasteiger partial charge in [0.1, 0.15) is 0 Å². The monoisotopic (exact) mass is 400 g/mol. The number of nitrogens with one attached hydrogen (secondary N) is 1. The first-order valence-corrected chi connectivity index (χ1v) is 9.34. The molecule has 1 unspecified atom stereocenters. The van der Waals surface area contributed by atoms with Crippen LogP contribution in [0.5, 0.6) is 11.5 Å². The van der Waals surface area contributed by atoms with Gasteiger partial charge in [0, 0.05) is 24.9 Å². The van der Waals surface area contributed by atoms with Gasteiger partial charge in [-0.2, -0.15) is 5.10 Å². The summed E-state index contributed by atoms with van der Waals surface area (Å²) >= 11 is 0. The van der Waals surface area contributed by atoms with Crippen LogP contribution >= 0.6 is 0 Å². The number of ether oxygens (including phenoxy) is 2. The molecule has 8 heteroatoms. The Kier molecular flexibility index (Phi) is 7.82. The molecule has 1 atom stereocenters. The fourth-order valence-electron chi connectivity index (χ4n) is 2.78. The van der Waals surface area contributed by atoms with Gasteiger partial charge in [0.15, 0.2) is 18.1 Å². The fraction of sp³-hybridized carbons (Fsp3) is 0.381. The van der Waals surface area contributed by atoms with E-state index < -0.39 is 5.91 Å². The van der Waals surface area contributed by atoms with Crippen LogP contribution in [0.2, 0.25) is 0 Å². The maximum Gasteiger partial charge on any atom is 0.255 e. The van der Waals surface area contributed by atoms with Crippen LogP contribution in [0.15, 0.2) is 30.3 Å². The number of aryl methyl sites for hydroxylation is 2. The summed E-state index contributed by atoms with van der Waals surface area (Å²) in [7, 11) is 1.50. The van der Waals surface area contributed by atoms with Crippen molar-refractivity contribution in [3.05, 3.63) is 47.3 Å². The minimum Gasteiger partial charge on any atom is -0.493 e. The van der Waals surface area contributed by atoms with Crippen LogP contribution in [0.4, 0.5) is 0 Å². The fourth-order valence-corrected chi connectivity index (χ4v) is 2.78. The van der Waals surface area contributed by atoms with E-state index >= 15 is 0 Å². The third-order valence-electron chi connectivity index (χ3n) is 4.20. The first-order valence-electron chi connectivity index (χ1n) is 9.34. The lowest BCUT2D eigenvalue weighted by Crippen LogP contribution is -2.29. The highest BCUT2D eigenvalue weighted by molar-refractivity contribution is 5.91. The lowest BCUT2D eigenvalue weighted by molar-refractivity contribution is -0.120. The second-order valence-electron chi connectivity index (χ2n) is 6.96. The Morgan fingerprint density at radius 2 is 2.03 bits per heavy atom. The zero-order valence-corrected chi connectivity index (χ0v) is 17.3. The van der Waals surface area contributed by atoms with Gasteiger partial charge in [-0.1, -0.05) is 13.0 Å². The predicted molar refractivity (Wildman–Crippen MR) is 111 cm³/mol. The normalized spacial score (nSPS) is 12.0. The Hall–Kier alpha value is -3.29. The van der Waals surface area contributed by atoms with Crippen molar-refractivity contribution in [3.8, 4) is 11.5 Å². The van der Waals surface area contributed by atoms with Gasteiger partial charge >= 0.3 is 0 Å². The topological polar surface area (TPSA) is 108 Å². The number of methoxy groups -OCH3 is 1. The number of aromatic nitrogens is 2. The molecule has 0 saturated heterocycles. The largest absolute Gasteiger partial charge is 0.493 e. The molecule has 156 valence electrons. The second kappa shape index (κ2) is 10.3. The van der Waals surface area contributed by atoms with Crippen molar-refractivity contribution in [3.63, 3.8) is 0 Å². The molecule has 0 saturated carbocycles. The standard InChI is InChI=1S/C21H28N4O4/c1-14(12-25-16(3)9-15(2)24-25)11-23-21(27)8-6-17-5-7-18(19(10-17)28-4)29-13-20(22)26/h5-10,14H,11-13H2,1-4H3,(H2,22,26)(H,23,27)/b8-6+. The Balaban J connectivity index is 1.87. The molecule has 8 nitrogen and oxygen atoms in total. The molecule has 3 N–H and O–H groups in total. The predicted octanol–water partition coefficient (Wildman–Crippen LogP) is 1.84. The van der Waals surface area contributed by atoms with Crippen LogP contribution in [-0.4, -0.2) is 41.9 Å². The van der Waals surface area contributed by atoms with Crippen molar-refractivity contribution < 1.29 is 19.1 Å². The highest BCUT2D eigenvalue weighted by Crippen LogP contribution is 2.28. The van der Waals surface area contributed by atoms with E-state index in [2.05, 4.69) is 17.3 Å². The number of amides is 2. The van der Waals surface area contributed by atoms with E-state index in [1.54, 1.807) is 24.3 Å². The van der Waals surface area contributed by atoms with E-state index in [4.69, 9.17) is 15.2 Å². The summed E-state index contributed by atoms with van der Waals surface area (Å²) in [5.41, 5.74) is 7.94. The third kappa shape index (κ3) is 6.99. The maximum absolute atomic E-state index is 12.1. The molecule has 0 spiro atoms. The van der Waals surface area contributed by atoms with Crippen LogP contribution in [0, 0.1) is 19.8 Å². The van der Waals surface area contributed by atoms with Crippen LogP contribution in [-0.2, 0) is 16.1 Å². The van der Waals surface area contributed by atoms with E-state index in [1.165, 1.54) is 13.2 Å². The van der Waals surface area contributed by atoms with Crippen LogP contribution < -0.4 is 20.5 Å². The molecular formula is C21H28N4O4. The molecule has 0 aliphatic heterocycles. The summed E-state index contributed by atoms with van der Waals surface area (Å²) in [6, 6.07) is 7.17. The summed E-state index contributed by atoms with van der Waals surface area (Å²) in [6.07, 6.45) is 3.15. The lowest BCUT2D eigenvalue weighted by atomic mass is 10.1. The average Bonchev–Trinajstić information content (AvgIpc) is 2.99. The zero-order valence-electron chi connectivity index (χ0n) is 17.3. The molecule has 0 aliphatic rings. The van der Waals surface area contributed by atoms with Gasteiger partial charge in [0.05, 0.1) is 12.8 Å². The van der Waals surface area contributed by atoms with E-state index in [9.17, 15) is 9.59 Å². The van der Waals surface area contributed by atoms with Crippen LogP contribution in [0.25, 0.3) is 6.08 Å². The second-order valence-corrected chi connectivity index (χ2v) is 6.96. The summed E-state index contributed by atoms with van der Waals surface area (Å²) in [4.78, 5) is 23.0. The minimum atomic E-state index is -0.570. The number of rotatable bonds is 10. The molecule has 0 fully saturated rings. The number of nitrogens with zero attached hydrogens (tertiary/aromatic N) is 2. The van der Waals surface area contributed by atoms with Crippen molar-refractivity contribution in [1.29, 1.82) is 0 Å². The molecule has 1 aromatic carbocycles. The Morgan fingerprint density at radius 1 is 1.28 bits per heavy atom. The Morgan fingerprint density at radius 3 is 2.66 bits per heavy atom. The Labute approximate surface area is 170 Å². The molecular weight excluding hydrogens is 372 g/mol. The third-order valence-corrected chi connectivity index (χ3v) is 4.20. The van der Waals surface area contributed by atoms with Crippen molar-refractivity contribution >= 4 is 17.9 Å². The molecule has 2 amide bonds. The molecule has 0 bridgehead atoms. The zero-order chi connectivity index (χ0) is 21.4. The van der Waals surface area contributed by atoms with E-state index in [0.29, 0.717) is 18.0 Å². The summed E-state index contributed by atoms with van der Waals surface area (Å²) in [6.45, 7) is 7.11. The van der Waals surface area contributed by atoms with Gasteiger partial charge in [-0.3, -0.25) is 14.3 Å². The number of nitrogens with two attached hydrogens (primary N) is 1. The highest BCUT2D eigenvalue weighted by atomic mass is 16.5. The highest BCUT2D eigenvalue weighted by Gasteiger charge is 2.09. The summed E-state index contributed by atoms with van der Waals surface area (Å²) in [5, 5.41) is 7.34. The summed E-state index contributed by atoms with van der Waals surface area (Å²) < 4.78 is 12.5. The number of hydrogen-bond donors (Lipinski definition) is 2. The van der Waals surface area contributed by atoms with E-state index in [1.807, 2.05) is 24.6 Å². The number of primary amides is 1. The molecule has 2 aromatic rings. The first-order chi connectivity index (χ1) is 13.8. The smallest absolute Gasteiger partial charge is 0.255 e. The molecule has 1 heterocycles. The molecule has 2 rings (SSSR count). The quantitative estimate of drug-likeness (QED) is 0.592. The van der Waals surface area contributed by atoms with Gasteiger partial charge in [-0.05, 0) is 49.6 Å². The molecule has 0 aliphatic carbocycles. The number of hydrogen-bond acceptors (Lipinski definition) is 5. The SMILES string of the molecule is COc1cc(/C=C/C(=O)NCC(C)Cn2nc(C)cc2C)ccc1OCC(N)=O. The molecule has 0 radical (unpaired) electrons. The van der Waals surface area contributed by atoms with E-state index in [-0.39, 0.29) is 18.4 Å². The van der Waals surface area contributed by atoms with Gasteiger partial charge in [0.25, 0.3) is 5.91 Å². The van der Waals surface area contributed by atoms with Gasteiger partial charge < -0.3 is 20.5 Å². The van der Waals surface area contributed by atoms with Gasteiger partial charge in [-0.25, -0.2) is 0 Å². The van der Waals surface area contributed by atoms with Crippen molar-refractivity contribution in [2.45, 2.75) is 27.3 Å². The number of carbonyl (C=O) groups is 2. The van der Waals surface area contributed by atoms with E-state index in [0.717, 1.165) is 23.5 Å². The Bertz CT molecular complexity index is 889. The minimum absolute atomic E-state index is 0.182. The van der Waals surface area contributed by atoms with Crippen molar-refractivity contribution in [2.24, 2.45) is 11.7 Å². The van der Waals surface area contributed by atoms with Crippen LogP contribution in [0.1, 0.15) is 23.9 Å². The summed E-state index contributed by atoms with van der Waals surface area (Å²) in [5.74, 6) is 0.350. The van der Waals surface area contributed by atoms with Gasteiger partial charge in [-0.15, -0.1) is 0 Å². The number of benzene rings is 1. The lowest BCUT2D eigenvalue weighted by Gasteiger charge is -2.13. The number of carbonyl (C=O) groups excluding carboxylic acids is 2. The van der Waals surface area contributed by atoms with Crippen molar-refractivity contribution in [2.75, 3.05) is 20.3 Å². The first kappa shape index (κ1) is 22.0. The van der Waals surface area contributed by atoms with Gasteiger partial charge in [0.2, 0.25) is 5.91 Å². The average molecular weight is 400 g/mol.